The van der Waals surface area contributed by atoms with Crippen LogP contribution in [0.2, 0.25) is 0 Å². The second-order valence-corrected chi connectivity index (χ2v) is 4.80. The zero-order valence-corrected chi connectivity index (χ0v) is 10.8. The quantitative estimate of drug-likeness (QED) is 0.628. The Labute approximate surface area is 105 Å². The van der Waals surface area contributed by atoms with Gasteiger partial charge in [-0.25, -0.2) is 4.98 Å². The van der Waals surface area contributed by atoms with E-state index in [-0.39, 0.29) is 11.3 Å². The summed E-state index contributed by atoms with van der Waals surface area (Å²) >= 11 is 0. The minimum Gasteiger partial charge on any atom is -0.373 e. The molecule has 0 fully saturated rings. The highest BCUT2D eigenvalue weighted by Gasteiger charge is 2.24. The fourth-order valence-corrected chi connectivity index (χ4v) is 1.32. The number of carbonyl (C=O) groups excluding carboxylic acids is 1. The van der Waals surface area contributed by atoms with Crippen LogP contribution in [0.25, 0.3) is 0 Å². The molecule has 18 heavy (non-hydrogen) atoms. The van der Waals surface area contributed by atoms with Gasteiger partial charge in [-0.15, -0.1) is 0 Å². The summed E-state index contributed by atoms with van der Waals surface area (Å²) in [7, 11) is 1.62. The zero-order chi connectivity index (χ0) is 13.9. The lowest BCUT2D eigenvalue weighted by molar-refractivity contribution is -0.385. The van der Waals surface area contributed by atoms with Crippen LogP contribution in [0.5, 0.6) is 0 Å². The van der Waals surface area contributed by atoms with Crippen LogP contribution in [-0.4, -0.2) is 28.4 Å². The molecule has 1 amide bonds. The minimum absolute atomic E-state index is 0.00530. The number of nitrogens with zero attached hydrogens (tertiary/aromatic N) is 2. The Morgan fingerprint density at radius 2 is 2.06 bits per heavy atom. The molecule has 0 radical (unpaired) electrons. The van der Waals surface area contributed by atoms with Crippen molar-refractivity contribution in [3.8, 4) is 0 Å². The van der Waals surface area contributed by atoms with Crippen molar-refractivity contribution in [3.05, 3.63) is 27.9 Å². The van der Waals surface area contributed by atoms with Crippen molar-refractivity contribution in [3.63, 3.8) is 0 Å². The van der Waals surface area contributed by atoms with Crippen molar-refractivity contribution in [2.24, 2.45) is 0 Å². The topological polar surface area (TPSA) is 97.2 Å². The van der Waals surface area contributed by atoms with Crippen molar-refractivity contribution in [2.45, 2.75) is 26.3 Å². The number of anilines is 1. The molecular weight excluding hydrogens is 236 g/mol. The summed E-state index contributed by atoms with van der Waals surface area (Å²) in [5.41, 5.74) is -0.779. The lowest BCUT2D eigenvalue weighted by atomic mass is 10.1. The fraction of sp³-hybridized carbons (Fsp3) is 0.455. The average Bonchev–Trinajstić information content (AvgIpc) is 2.25. The van der Waals surface area contributed by atoms with E-state index < -0.39 is 16.4 Å². The minimum atomic E-state index is -0.621. The van der Waals surface area contributed by atoms with Crippen LogP contribution in [0.15, 0.2) is 12.3 Å². The molecule has 0 atom stereocenters. The van der Waals surface area contributed by atoms with Gasteiger partial charge in [-0.05, 0) is 20.8 Å². The molecule has 0 saturated carbocycles. The molecule has 98 valence electrons. The maximum absolute atomic E-state index is 12.0. The van der Waals surface area contributed by atoms with E-state index >= 15 is 0 Å². The number of hydrogen-bond donors (Lipinski definition) is 2. The number of amides is 1. The maximum Gasteiger partial charge on any atom is 0.300 e. The number of nitrogens with one attached hydrogen (secondary N) is 2. The smallest absolute Gasteiger partial charge is 0.300 e. The van der Waals surface area contributed by atoms with E-state index in [1.54, 1.807) is 27.8 Å². The SMILES string of the molecule is CNc1cc(C(=O)NC(C)(C)C)c([N+](=O)[O-])cn1. The van der Waals surface area contributed by atoms with Gasteiger partial charge in [0.15, 0.2) is 0 Å². The van der Waals surface area contributed by atoms with Crippen LogP contribution in [0.4, 0.5) is 11.5 Å². The van der Waals surface area contributed by atoms with Crippen molar-refractivity contribution in [2.75, 3.05) is 12.4 Å². The summed E-state index contributed by atoms with van der Waals surface area (Å²) in [6, 6.07) is 1.36. The Hall–Kier alpha value is -2.18. The molecule has 0 unspecified atom stereocenters. The molecule has 0 bridgehead atoms. The van der Waals surface area contributed by atoms with Gasteiger partial charge in [0.05, 0.1) is 4.92 Å². The van der Waals surface area contributed by atoms with Crippen LogP contribution in [0.3, 0.4) is 0 Å². The van der Waals surface area contributed by atoms with Gasteiger partial charge in [0.1, 0.15) is 17.6 Å². The Balaban J connectivity index is 3.19. The van der Waals surface area contributed by atoms with Gasteiger partial charge in [-0.2, -0.15) is 0 Å². The number of rotatable bonds is 3. The molecular formula is C11H16N4O3. The molecule has 1 rings (SSSR count). The van der Waals surface area contributed by atoms with E-state index in [1.165, 1.54) is 6.07 Å². The van der Waals surface area contributed by atoms with Gasteiger partial charge in [0.2, 0.25) is 0 Å². The molecule has 2 N–H and O–H groups in total. The predicted molar refractivity (Wildman–Crippen MR) is 67.7 cm³/mol. The molecule has 7 nitrogen and oxygen atoms in total. The van der Waals surface area contributed by atoms with Gasteiger partial charge >= 0.3 is 0 Å². The molecule has 0 saturated heterocycles. The van der Waals surface area contributed by atoms with Gasteiger partial charge in [-0.1, -0.05) is 0 Å². The van der Waals surface area contributed by atoms with Gasteiger partial charge in [-0.3, -0.25) is 14.9 Å². The van der Waals surface area contributed by atoms with Crippen LogP contribution in [-0.2, 0) is 0 Å². The number of carbonyl (C=O) groups is 1. The van der Waals surface area contributed by atoms with E-state index in [2.05, 4.69) is 15.6 Å². The van der Waals surface area contributed by atoms with Crippen molar-refractivity contribution in [1.29, 1.82) is 0 Å². The normalized spacial score (nSPS) is 10.9. The van der Waals surface area contributed by atoms with E-state index in [4.69, 9.17) is 0 Å². The highest BCUT2D eigenvalue weighted by molar-refractivity contribution is 5.99. The van der Waals surface area contributed by atoms with Gasteiger partial charge in [0, 0.05) is 18.7 Å². The number of aromatic nitrogens is 1. The number of hydrogen-bond acceptors (Lipinski definition) is 5. The van der Waals surface area contributed by atoms with E-state index in [9.17, 15) is 14.9 Å². The lowest BCUT2D eigenvalue weighted by Crippen LogP contribution is -2.40. The Morgan fingerprint density at radius 1 is 1.44 bits per heavy atom. The van der Waals surface area contributed by atoms with E-state index in [0.717, 1.165) is 6.20 Å². The third-order valence-corrected chi connectivity index (χ3v) is 2.07. The third-order valence-electron chi connectivity index (χ3n) is 2.07. The highest BCUT2D eigenvalue weighted by Crippen LogP contribution is 2.20. The van der Waals surface area contributed by atoms with Crippen molar-refractivity contribution < 1.29 is 9.72 Å². The molecule has 7 heteroatoms. The van der Waals surface area contributed by atoms with Crippen LogP contribution in [0, 0.1) is 10.1 Å². The molecule has 1 heterocycles. The van der Waals surface area contributed by atoms with Crippen molar-refractivity contribution in [1.82, 2.24) is 10.3 Å². The third kappa shape index (κ3) is 3.41. The Kier molecular flexibility index (Phi) is 3.85. The van der Waals surface area contributed by atoms with Gasteiger partial charge < -0.3 is 10.6 Å². The largest absolute Gasteiger partial charge is 0.373 e. The monoisotopic (exact) mass is 252 g/mol. The molecule has 1 aromatic heterocycles. The first kappa shape index (κ1) is 13.9. The molecule has 0 aliphatic rings. The Morgan fingerprint density at radius 3 is 2.50 bits per heavy atom. The zero-order valence-electron chi connectivity index (χ0n) is 10.8. The molecule has 1 aromatic rings. The molecule has 0 spiro atoms. The van der Waals surface area contributed by atoms with Gasteiger partial charge in [0.25, 0.3) is 11.6 Å². The number of pyridine rings is 1. The highest BCUT2D eigenvalue weighted by atomic mass is 16.6. The van der Waals surface area contributed by atoms with Crippen LogP contribution >= 0.6 is 0 Å². The first-order chi connectivity index (χ1) is 8.24. The lowest BCUT2D eigenvalue weighted by Gasteiger charge is -2.20. The van der Waals surface area contributed by atoms with Crippen LogP contribution in [0.1, 0.15) is 31.1 Å². The Bertz CT molecular complexity index is 480. The summed E-state index contributed by atoms with van der Waals surface area (Å²) in [5, 5.41) is 16.3. The van der Waals surface area contributed by atoms with E-state index in [1.807, 2.05) is 0 Å². The van der Waals surface area contributed by atoms with E-state index in [0.29, 0.717) is 5.82 Å². The summed E-state index contributed by atoms with van der Waals surface area (Å²) in [5.74, 6) is -0.0900. The summed E-state index contributed by atoms with van der Waals surface area (Å²) < 4.78 is 0. The first-order valence-corrected chi connectivity index (χ1v) is 5.39. The summed E-state index contributed by atoms with van der Waals surface area (Å²) in [4.78, 5) is 26.0. The second kappa shape index (κ2) is 4.99. The molecule has 0 aromatic carbocycles. The van der Waals surface area contributed by atoms with Crippen LogP contribution < -0.4 is 10.6 Å². The summed E-state index contributed by atoms with van der Waals surface area (Å²) in [6.07, 6.45) is 1.07. The molecule has 0 aliphatic heterocycles. The first-order valence-electron chi connectivity index (χ1n) is 5.39. The average molecular weight is 252 g/mol. The predicted octanol–water partition coefficient (Wildman–Crippen LogP) is 1.56. The summed E-state index contributed by atoms with van der Waals surface area (Å²) in [6.45, 7) is 5.41. The maximum atomic E-state index is 12.0. The molecule has 0 aliphatic carbocycles. The fourth-order valence-electron chi connectivity index (χ4n) is 1.32. The van der Waals surface area contributed by atoms with Crippen molar-refractivity contribution >= 4 is 17.4 Å². The standard InChI is InChI=1S/C11H16N4O3/c1-11(2,3)14-10(16)7-5-9(12-4)13-6-8(7)15(17)18/h5-6H,1-4H3,(H,12,13)(H,14,16). The second-order valence-electron chi connectivity index (χ2n) is 4.80. The number of nitro groups is 1.